The number of rotatable bonds is 2. The lowest BCUT2D eigenvalue weighted by molar-refractivity contribution is -0.126. The minimum absolute atomic E-state index is 0.103. The zero-order chi connectivity index (χ0) is 11.5. The highest BCUT2D eigenvalue weighted by Crippen LogP contribution is 2.16. The largest absolute Gasteiger partial charge is 0.329 e. The van der Waals surface area contributed by atoms with E-state index in [2.05, 4.69) is 4.98 Å². The Morgan fingerprint density at radius 1 is 1.56 bits per heavy atom. The zero-order valence-electron chi connectivity index (χ0n) is 9.05. The second-order valence-corrected chi connectivity index (χ2v) is 3.58. The van der Waals surface area contributed by atoms with Gasteiger partial charge in [0.2, 0.25) is 5.91 Å². The number of hydrogen-bond acceptors (Lipinski definition) is 4. The molecule has 0 bridgehead atoms. The fourth-order valence-electron chi connectivity index (χ4n) is 1.69. The molecule has 1 fully saturated rings. The fraction of sp³-hybridized carbons (Fsp3) is 0.364. The van der Waals surface area contributed by atoms with Crippen LogP contribution in [0.4, 0.5) is 5.82 Å². The molecule has 1 aliphatic heterocycles. The lowest BCUT2D eigenvalue weighted by Gasteiger charge is -2.17. The van der Waals surface area contributed by atoms with Crippen molar-refractivity contribution < 1.29 is 4.79 Å². The highest BCUT2D eigenvalue weighted by atomic mass is 16.2. The third-order valence-electron chi connectivity index (χ3n) is 2.57. The van der Waals surface area contributed by atoms with Gasteiger partial charge in [0, 0.05) is 6.54 Å². The number of anilines is 1. The Bertz CT molecular complexity index is 452. The highest BCUT2D eigenvalue weighted by Gasteiger charge is 2.26. The molecule has 0 N–H and O–H groups in total. The van der Waals surface area contributed by atoms with E-state index in [4.69, 9.17) is 5.26 Å². The molecule has 16 heavy (non-hydrogen) atoms. The number of nitriles is 1. The first-order valence-electron chi connectivity index (χ1n) is 5.14. The summed E-state index contributed by atoms with van der Waals surface area (Å²) in [4.78, 5) is 19.3. The molecule has 0 unspecified atom stereocenters. The Labute approximate surface area is 93.9 Å². The number of carbonyl (C=O) groups is 1. The standard InChI is InChI=1S/C11H12N4O/c1-2-14-8-15(7-11(14)16)10-5-3-4-9(6-12)13-10/h3-5H,2,7-8H2,1H3. The number of amides is 1. The van der Waals surface area contributed by atoms with Gasteiger partial charge < -0.3 is 9.80 Å². The predicted molar refractivity (Wildman–Crippen MR) is 58.6 cm³/mol. The minimum atomic E-state index is 0.103. The molecule has 0 aromatic carbocycles. The summed E-state index contributed by atoms with van der Waals surface area (Å²) in [6.45, 7) is 3.54. The molecule has 1 amide bonds. The van der Waals surface area contributed by atoms with Gasteiger partial charge in [-0.15, -0.1) is 0 Å². The summed E-state index contributed by atoms with van der Waals surface area (Å²) in [5.74, 6) is 0.787. The van der Waals surface area contributed by atoms with Crippen LogP contribution in [0.5, 0.6) is 0 Å². The maximum absolute atomic E-state index is 11.5. The van der Waals surface area contributed by atoms with Gasteiger partial charge in [0.1, 0.15) is 24.1 Å². The molecule has 0 saturated carbocycles. The van der Waals surface area contributed by atoms with Gasteiger partial charge in [-0.05, 0) is 19.1 Å². The van der Waals surface area contributed by atoms with Crippen LogP contribution in [0.25, 0.3) is 0 Å². The van der Waals surface area contributed by atoms with Gasteiger partial charge in [-0.3, -0.25) is 4.79 Å². The maximum Gasteiger partial charge on any atom is 0.243 e. The highest BCUT2D eigenvalue weighted by molar-refractivity contribution is 5.84. The molecular formula is C11H12N4O. The van der Waals surface area contributed by atoms with Gasteiger partial charge in [0.25, 0.3) is 0 Å². The summed E-state index contributed by atoms with van der Waals surface area (Å²) < 4.78 is 0. The van der Waals surface area contributed by atoms with Gasteiger partial charge >= 0.3 is 0 Å². The molecule has 2 heterocycles. The summed E-state index contributed by atoms with van der Waals surface area (Å²) in [5, 5.41) is 8.75. The van der Waals surface area contributed by atoms with Crippen LogP contribution in [-0.2, 0) is 4.79 Å². The van der Waals surface area contributed by atoms with Gasteiger partial charge in [0.15, 0.2) is 0 Å². The van der Waals surface area contributed by atoms with Crippen LogP contribution < -0.4 is 4.90 Å². The molecule has 0 aliphatic carbocycles. The molecule has 5 heteroatoms. The number of pyridine rings is 1. The van der Waals surface area contributed by atoms with Crippen molar-refractivity contribution in [2.75, 3.05) is 24.7 Å². The molecule has 0 radical (unpaired) electrons. The van der Waals surface area contributed by atoms with E-state index in [9.17, 15) is 4.79 Å². The van der Waals surface area contributed by atoms with Crippen molar-refractivity contribution in [2.45, 2.75) is 6.92 Å². The second-order valence-electron chi connectivity index (χ2n) is 3.58. The number of likely N-dealkylation sites (N-methyl/N-ethyl adjacent to an activating group) is 1. The second kappa shape index (κ2) is 4.19. The molecule has 1 aliphatic rings. The zero-order valence-corrected chi connectivity index (χ0v) is 9.05. The van der Waals surface area contributed by atoms with E-state index < -0.39 is 0 Å². The van der Waals surface area contributed by atoms with Crippen molar-refractivity contribution in [1.29, 1.82) is 5.26 Å². The summed E-state index contributed by atoms with van der Waals surface area (Å²) in [7, 11) is 0. The van der Waals surface area contributed by atoms with Crippen LogP contribution in [-0.4, -0.2) is 35.5 Å². The van der Waals surface area contributed by atoms with E-state index >= 15 is 0 Å². The lowest BCUT2D eigenvalue weighted by atomic mass is 10.3. The molecule has 1 aromatic rings. The van der Waals surface area contributed by atoms with Crippen molar-refractivity contribution in [2.24, 2.45) is 0 Å². The van der Waals surface area contributed by atoms with E-state index in [1.165, 1.54) is 0 Å². The first-order chi connectivity index (χ1) is 7.74. The Balaban J connectivity index is 2.20. The first-order valence-corrected chi connectivity index (χ1v) is 5.14. The Morgan fingerprint density at radius 3 is 3.00 bits per heavy atom. The summed E-state index contributed by atoms with van der Waals surface area (Å²) in [6, 6.07) is 7.23. The molecule has 5 nitrogen and oxygen atoms in total. The van der Waals surface area contributed by atoms with Crippen LogP contribution in [0.1, 0.15) is 12.6 Å². The van der Waals surface area contributed by atoms with Crippen LogP contribution in [0.3, 0.4) is 0 Å². The molecule has 0 atom stereocenters. The number of carbonyl (C=O) groups excluding carboxylic acids is 1. The maximum atomic E-state index is 11.5. The first kappa shape index (κ1) is 10.4. The Morgan fingerprint density at radius 2 is 2.38 bits per heavy atom. The summed E-state index contributed by atoms with van der Waals surface area (Å²) in [5.41, 5.74) is 0.375. The van der Waals surface area contributed by atoms with Crippen LogP contribution >= 0.6 is 0 Å². The number of nitrogens with zero attached hydrogens (tertiary/aromatic N) is 4. The topological polar surface area (TPSA) is 60.2 Å². The van der Waals surface area contributed by atoms with E-state index in [-0.39, 0.29) is 5.91 Å². The molecule has 2 rings (SSSR count). The normalized spacial score (nSPS) is 15.4. The molecule has 1 saturated heterocycles. The minimum Gasteiger partial charge on any atom is -0.329 e. The Hall–Kier alpha value is -2.09. The van der Waals surface area contributed by atoms with E-state index in [0.717, 1.165) is 0 Å². The van der Waals surface area contributed by atoms with Crippen molar-refractivity contribution >= 4 is 11.7 Å². The third-order valence-corrected chi connectivity index (χ3v) is 2.57. The monoisotopic (exact) mass is 216 g/mol. The fourth-order valence-corrected chi connectivity index (χ4v) is 1.69. The van der Waals surface area contributed by atoms with Gasteiger partial charge in [-0.2, -0.15) is 5.26 Å². The average molecular weight is 216 g/mol. The molecule has 82 valence electrons. The molecule has 0 spiro atoms. The van der Waals surface area contributed by atoms with Gasteiger partial charge in [-0.25, -0.2) is 4.98 Å². The smallest absolute Gasteiger partial charge is 0.243 e. The average Bonchev–Trinajstić information content (AvgIpc) is 2.71. The van der Waals surface area contributed by atoms with E-state index in [0.29, 0.717) is 31.3 Å². The third kappa shape index (κ3) is 1.82. The molecular weight excluding hydrogens is 204 g/mol. The van der Waals surface area contributed by atoms with Crippen LogP contribution in [0, 0.1) is 11.3 Å². The van der Waals surface area contributed by atoms with Crippen molar-refractivity contribution in [3.63, 3.8) is 0 Å². The predicted octanol–water partition coefficient (Wildman–Crippen LogP) is 0.579. The Kier molecular flexibility index (Phi) is 2.73. The summed E-state index contributed by atoms with van der Waals surface area (Å²) >= 11 is 0. The van der Waals surface area contributed by atoms with E-state index in [1.807, 2.05) is 24.0 Å². The van der Waals surface area contributed by atoms with Crippen molar-refractivity contribution in [1.82, 2.24) is 9.88 Å². The number of hydrogen-bond donors (Lipinski definition) is 0. The van der Waals surface area contributed by atoms with Crippen molar-refractivity contribution in [3.8, 4) is 6.07 Å². The van der Waals surface area contributed by atoms with Crippen LogP contribution in [0.15, 0.2) is 18.2 Å². The summed E-state index contributed by atoms with van der Waals surface area (Å²) in [6.07, 6.45) is 0. The van der Waals surface area contributed by atoms with Crippen molar-refractivity contribution in [3.05, 3.63) is 23.9 Å². The molecule has 1 aromatic heterocycles. The van der Waals surface area contributed by atoms with Gasteiger partial charge in [-0.1, -0.05) is 6.07 Å². The lowest BCUT2D eigenvalue weighted by Crippen LogP contribution is -2.27. The van der Waals surface area contributed by atoms with Crippen LogP contribution in [0.2, 0.25) is 0 Å². The SMILES string of the molecule is CCN1CN(c2cccc(C#N)n2)CC1=O. The number of aromatic nitrogens is 1. The quantitative estimate of drug-likeness (QED) is 0.725. The van der Waals surface area contributed by atoms with Gasteiger partial charge in [0.05, 0.1) is 6.67 Å². The van der Waals surface area contributed by atoms with E-state index in [1.54, 1.807) is 17.0 Å².